The number of carbonyl (C=O) groups excluding carboxylic acids is 2. The summed E-state index contributed by atoms with van der Waals surface area (Å²) >= 11 is 0. The minimum atomic E-state index is -0.461. The molecule has 2 amide bonds. The van der Waals surface area contributed by atoms with Crippen LogP contribution in [0, 0.1) is 11.8 Å². The molecule has 3 atom stereocenters. The fourth-order valence-electron chi connectivity index (χ4n) is 4.33. The molecular formula is C19H26N2O4. The first kappa shape index (κ1) is 17.6. The number of amides is 2. The Balaban J connectivity index is 1.82. The number of hydrogen-bond acceptors (Lipinski definition) is 4. The molecule has 0 spiro atoms. The van der Waals surface area contributed by atoms with Crippen LogP contribution in [-0.4, -0.2) is 25.0 Å². The van der Waals surface area contributed by atoms with E-state index < -0.39 is 11.8 Å². The maximum atomic E-state index is 11.4. The van der Waals surface area contributed by atoms with Crippen LogP contribution in [-0.2, 0) is 9.59 Å². The van der Waals surface area contributed by atoms with Crippen molar-refractivity contribution in [3.8, 4) is 11.5 Å². The molecule has 4 N–H and O–H groups in total. The molecule has 2 saturated carbocycles. The molecule has 136 valence electrons. The summed E-state index contributed by atoms with van der Waals surface area (Å²) in [4.78, 5) is 22.7. The van der Waals surface area contributed by atoms with E-state index in [4.69, 9.17) is 20.9 Å². The summed E-state index contributed by atoms with van der Waals surface area (Å²) in [5, 5.41) is 0. The van der Waals surface area contributed by atoms with Crippen LogP contribution < -0.4 is 20.9 Å². The van der Waals surface area contributed by atoms with Crippen molar-refractivity contribution in [3.05, 3.63) is 23.8 Å². The van der Waals surface area contributed by atoms with Crippen molar-refractivity contribution in [1.29, 1.82) is 0 Å². The Morgan fingerprint density at radius 2 is 1.84 bits per heavy atom. The van der Waals surface area contributed by atoms with E-state index in [2.05, 4.69) is 0 Å². The van der Waals surface area contributed by atoms with E-state index >= 15 is 0 Å². The second-order valence-electron chi connectivity index (χ2n) is 7.28. The van der Waals surface area contributed by atoms with E-state index in [1.165, 1.54) is 19.3 Å². The molecule has 6 heteroatoms. The van der Waals surface area contributed by atoms with E-state index in [1.54, 1.807) is 7.11 Å². The Bertz CT molecular complexity index is 645. The molecular weight excluding hydrogens is 320 g/mol. The number of fused-ring (bicyclic) bond motifs is 2. The Morgan fingerprint density at radius 1 is 1.12 bits per heavy atom. The molecule has 6 nitrogen and oxygen atoms in total. The Kier molecular flexibility index (Phi) is 5.16. The minimum absolute atomic E-state index is 0.0723. The van der Waals surface area contributed by atoms with Crippen LogP contribution in [0.25, 0.3) is 0 Å². The highest BCUT2D eigenvalue weighted by molar-refractivity contribution is 5.78. The summed E-state index contributed by atoms with van der Waals surface area (Å²) in [6.07, 6.45) is 5.23. The molecule has 0 radical (unpaired) electrons. The number of nitrogens with two attached hydrogens (primary N) is 2. The molecule has 2 bridgehead atoms. The van der Waals surface area contributed by atoms with Crippen molar-refractivity contribution < 1.29 is 19.1 Å². The number of benzene rings is 1. The molecule has 25 heavy (non-hydrogen) atoms. The number of rotatable bonds is 8. The van der Waals surface area contributed by atoms with E-state index in [9.17, 15) is 9.59 Å². The van der Waals surface area contributed by atoms with Gasteiger partial charge in [-0.3, -0.25) is 9.59 Å². The van der Waals surface area contributed by atoms with E-state index in [0.29, 0.717) is 17.4 Å². The molecule has 0 unspecified atom stereocenters. The van der Waals surface area contributed by atoms with Gasteiger partial charge in [0.15, 0.2) is 11.5 Å². The lowest BCUT2D eigenvalue weighted by Crippen LogP contribution is -2.24. The third-order valence-corrected chi connectivity index (χ3v) is 5.51. The fourth-order valence-corrected chi connectivity index (χ4v) is 4.33. The molecule has 0 saturated heterocycles. The van der Waals surface area contributed by atoms with Crippen LogP contribution in [0.15, 0.2) is 18.2 Å². The Morgan fingerprint density at radius 3 is 2.36 bits per heavy atom. The average Bonchev–Trinajstić information content (AvgIpc) is 3.16. The molecule has 3 rings (SSSR count). The first-order chi connectivity index (χ1) is 12.0. The van der Waals surface area contributed by atoms with Crippen molar-refractivity contribution in [1.82, 2.24) is 0 Å². The third kappa shape index (κ3) is 4.06. The van der Waals surface area contributed by atoms with Crippen LogP contribution in [0.2, 0.25) is 0 Å². The highest BCUT2D eigenvalue weighted by atomic mass is 16.5. The quantitative estimate of drug-likeness (QED) is 0.752. The van der Waals surface area contributed by atoms with Crippen LogP contribution in [0.3, 0.4) is 0 Å². The van der Waals surface area contributed by atoms with Gasteiger partial charge in [0.25, 0.3) is 0 Å². The van der Waals surface area contributed by atoms with Crippen LogP contribution in [0.4, 0.5) is 0 Å². The van der Waals surface area contributed by atoms with Gasteiger partial charge in [-0.15, -0.1) is 0 Å². The third-order valence-electron chi connectivity index (χ3n) is 5.51. The second kappa shape index (κ2) is 7.33. The molecule has 0 aliphatic heterocycles. The van der Waals surface area contributed by atoms with Crippen LogP contribution >= 0.6 is 0 Å². The second-order valence-corrected chi connectivity index (χ2v) is 7.28. The fraction of sp³-hybridized carbons (Fsp3) is 0.579. The number of hydrogen-bond donors (Lipinski definition) is 2. The summed E-state index contributed by atoms with van der Waals surface area (Å²) in [7, 11) is 1.60. The smallest absolute Gasteiger partial charge is 0.218 e. The molecule has 2 aliphatic rings. The van der Waals surface area contributed by atoms with Crippen LogP contribution in [0.5, 0.6) is 11.5 Å². The van der Waals surface area contributed by atoms with Gasteiger partial charge in [0.2, 0.25) is 11.8 Å². The lowest BCUT2D eigenvalue weighted by atomic mass is 9.91. The topological polar surface area (TPSA) is 105 Å². The van der Waals surface area contributed by atoms with Gasteiger partial charge in [0.05, 0.1) is 7.11 Å². The maximum absolute atomic E-state index is 11.4. The standard InChI is InChI=1S/C19H26N2O4/c1-24-15-5-4-12(14(9-18(20)22)10-19(21)23)8-17(15)25-16-7-11-2-3-13(16)6-11/h4-5,8,11,13-14,16H,2-3,6-7,9-10H2,1H3,(H2,20,22)(H2,21,23)/t11-,13+,16-/m1/s1. The van der Waals surface area contributed by atoms with E-state index in [0.717, 1.165) is 17.9 Å². The van der Waals surface area contributed by atoms with Crippen molar-refractivity contribution in [3.63, 3.8) is 0 Å². The zero-order valence-electron chi connectivity index (χ0n) is 14.6. The molecule has 1 aromatic rings. The maximum Gasteiger partial charge on any atom is 0.218 e. The van der Waals surface area contributed by atoms with E-state index in [-0.39, 0.29) is 24.9 Å². The van der Waals surface area contributed by atoms with Gasteiger partial charge in [-0.05, 0) is 55.2 Å². The van der Waals surface area contributed by atoms with Crippen molar-refractivity contribution in [2.24, 2.45) is 23.3 Å². The number of carbonyl (C=O) groups is 2. The first-order valence-electron chi connectivity index (χ1n) is 8.87. The molecule has 2 fully saturated rings. The molecule has 0 heterocycles. The predicted molar refractivity (Wildman–Crippen MR) is 93.2 cm³/mol. The average molecular weight is 346 g/mol. The zero-order valence-corrected chi connectivity index (χ0v) is 14.6. The summed E-state index contributed by atoms with van der Waals surface area (Å²) < 4.78 is 11.7. The zero-order chi connectivity index (χ0) is 18.0. The monoisotopic (exact) mass is 346 g/mol. The van der Waals surface area contributed by atoms with Gasteiger partial charge in [-0.2, -0.15) is 0 Å². The van der Waals surface area contributed by atoms with Crippen molar-refractivity contribution in [2.75, 3.05) is 7.11 Å². The Hall–Kier alpha value is -2.24. The Labute approximate surface area is 147 Å². The van der Waals surface area contributed by atoms with Crippen molar-refractivity contribution >= 4 is 11.8 Å². The summed E-state index contributed by atoms with van der Waals surface area (Å²) in [5.41, 5.74) is 11.5. The SMILES string of the molecule is COc1ccc(C(CC(N)=O)CC(N)=O)cc1O[C@@H]1C[C@@H]2CC[C@H]1C2. The van der Waals surface area contributed by atoms with Gasteiger partial charge in [-0.25, -0.2) is 0 Å². The number of primary amides is 2. The summed E-state index contributed by atoms with van der Waals surface area (Å²) in [5.74, 6) is 1.45. The first-order valence-corrected chi connectivity index (χ1v) is 8.87. The van der Waals surface area contributed by atoms with Gasteiger partial charge in [0.1, 0.15) is 6.10 Å². The van der Waals surface area contributed by atoms with Gasteiger partial charge >= 0.3 is 0 Å². The van der Waals surface area contributed by atoms with Crippen molar-refractivity contribution in [2.45, 2.75) is 50.5 Å². The summed E-state index contributed by atoms with van der Waals surface area (Å²) in [6.45, 7) is 0. The number of ether oxygens (including phenoxy) is 2. The highest BCUT2D eigenvalue weighted by Gasteiger charge is 2.41. The minimum Gasteiger partial charge on any atom is -0.493 e. The van der Waals surface area contributed by atoms with Gasteiger partial charge < -0.3 is 20.9 Å². The molecule has 2 aliphatic carbocycles. The normalized spacial score (nSPS) is 24.5. The predicted octanol–water partition coefficient (Wildman–Crippen LogP) is 2.10. The van der Waals surface area contributed by atoms with Gasteiger partial charge in [-0.1, -0.05) is 6.07 Å². The largest absolute Gasteiger partial charge is 0.493 e. The van der Waals surface area contributed by atoms with E-state index in [1.807, 2.05) is 18.2 Å². The lowest BCUT2D eigenvalue weighted by Gasteiger charge is -2.25. The van der Waals surface area contributed by atoms with Crippen LogP contribution in [0.1, 0.15) is 50.0 Å². The summed E-state index contributed by atoms with van der Waals surface area (Å²) in [6, 6.07) is 5.51. The number of methoxy groups -OCH3 is 1. The molecule has 1 aromatic carbocycles. The van der Waals surface area contributed by atoms with Gasteiger partial charge in [0, 0.05) is 18.8 Å². The lowest BCUT2D eigenvalue weighted by molar-refractivity contribution is -0.119. The molecule has 0 aromatic heterocycles. The highest BCUT2D eigenvalue weighted by Crippen LogP contribution is 2.47.